The Kier molecular flexibility index (Phi) is 3.96. The first-order valence-corrected chi connectivity index (χ1v) is 8.72. The monoisotopic (exact) mass is 326 g/mol. The van der Waals surface area contributed by atoms with E-state index in [0.717, 1.165) is 30.4 Å². The summed E-state index contributed by atoms with van der Waals surface area (Å²) >= 11 is 0. The van der Waals surface area contributed by atoms with Crippen LogP contribution in [0.5, 0.6) is 0 Å². The number of fused-ring (bicyclic) bond motifs is 1. The molecule has 2 fully saturated rings. The Bertz CT molecular complexity index is 804. The topological polar surface area (TPSA) is 78.1 Å². The van der Waals surface area contributed by atoms with Crippen LogP contribution in [0.15, 0.2) is 29.1 Å². The first-order chi connectivity index (χ1) is 11.7. The molecule has 24 heavy (non-hydrogen) atoms. The van der Waals surface area contributed by atoms with Crippen LogP contribution in [0.3, 0.4) is 0 Å². The third kappa shape index (κ3) is 3.13. The number of nitrogens with zero attached hydrogens (tertiary/aromatic N) is 2. The highest BCUT2D eigenvalue weighted by atomic mass is 16.2. The lowest BCUT2D eigenvalue weighted by atomic mass is 9.96. The van der Waals surface area contributed by atoms with Gasteiger partial charge in [-0.25, -0.2) is 4.98 Å². The molecule has 1 saturated heterocycles. The molecule has 126 valence electrons. The molecule has 4 rings (SSSR count). The van der Waals surface area contributed by atoms with Gasteiger partial charge in [-0.15, -0.1) is 0 Å². The van der Waals surface area contributed by atoms with Gasteiger partial charge in [-0.05, 0) is 43.7 Å². The molecule has 0 radical (unpaired) electrons. The van der Waals surface area contributed by atoms with Crippen LogP contribution in [-0.4, -0.2) is 35.5 Å². The highest BCUT2D eigenvalue weighted by molar-refractivity contribution is 5.79. The summed E-state index contributed by atoms with van der Waals surface area (Å²) in [5.41, 5.74) is 1.38. The second-order valence-corrected chi connectivity index (χ2v) is 6.86. The van der Waals surface area contributed by atoms with E-state index in [1.807, 2.05) is 29.2 Å². The average Bonchev–Trinajstić information content (AvgIpc) is 3.44. The fourth-order valence-electron chi connectivity index (χ4n) is 3.30. The first-order valence-electron chi connectivity index (χ1n) is 8.72. The second kappa shape index (κ2) is 6.26. The molecule has 1 aliphatic carbocycles. The smallest absolute Gasteiger partial charge is 0.291 e. The van der Waals surface area contributed by atoms with E-state index in [2.05, 4.69) is 15.3 Å². The molecule has 0 bridgehead atoms. The van der Waals surface area contributed by atoms with Gasteiger partial charge in [0.15, 0.2) is 5.82 Å². The SMILES string of the molecule is O=C(NCC1CC1)C1CCN(c2nc3ccccc3[nH]c2=O)CC1. The van der Waals surface area contributed by atoms with Crippen molar-refractivity contribution in [1.29, 1.82) is 0 Å². The van der Waals surface area contributed by atoms with Gasteiger partial charge in [-0.2, -0.15) is 0 Å². The van der Waals surface area contributed by atoms with Crippen molar-refractivity contribution in [2.24, 2.45) is 11.8 Å². The van der Waals surface area contributed by atoms with Crippen molar-refractivity contribution >= 4 is 22.8 Å². The predicted molar refractivity (Wildman–Crippen MR) is 93.0 cm³/mol. The third-order valence-corrected chi connectivity index (χ3v) is 5.01. The summed E-state index contributed by atoms with van der Waals surface area (Å²) in [7, 11) is 0. The van der Waals surface area contributed by atoms with Crippen LogP contribution < -0.4 is 15.8 Å². The fourth-order valence-corrected chi connectivity index (χ4v) is 3.30. The molecule has 0 atom stereocenters. The maximum atomic E-state index is 12.3. The van der Waals surface area contributed by atoms with Crippen LogP contribution in [0.25, 0.3) is 11.0 Å². The summed E-state index contributed by atoms with van der Waals surface area (Å²) in [6, 6.07) is 7.54. The van der Waals surface area contributed by atoms with E-state index in [1.165, 1.54) is 12.8 Å². The number of para-hydroxylation sites is 2. The van der Waals surface area contributed by atoms with Crippen LogP contribution >= 0.6 is 0 Å². The zero-order valence-electron chi connectivity index (χ0n) is 13.6. The van der Waals surface area contributed by atoms with E-state index >= 15 is 0 Å². The summed E-state index contributed by atoms with van der Waals surface area (Å²) in [5.74, 6) is 1.39. The minimum absolute atomic E-state index is 0.0551. The number of piperidine rings is 1. The number of hydrogen-bond donors (Lipinski definition) is 2. The van der Waals surface area contributed by atoms with Crippen molar-refractivity contribution in [1.82, 2.24) is 15.3 Å². The van der Waals surface area contributed by atoms with E-state index in [4.69, 9.17) is 0 Å². The van der Waals surface area contributed by atoms with Gasteiger partial charge in [-0.1, -0.05) is 12.1 Å². The molecule has 0 spiro atoms. The lowest BCUT2D eigenvalue weighted by molar-refractivity contribution is -0.125. The Morgan fingerprint density at radius 2 is 1.96 bits per heavy atom. The normalized spacial score (nSPS) is 18.8. The number of hydrogen-bond acceptors (Lipinski definition) is 4. The fraction of sp³-hybridized carbons (Fsp3) is 0.500. The highest BCUT2D eigenvalue weighted by Gasteiger charge is 2.28. The van der Waals surface area contributed by atoms with Crippen LogP contribution in [0.1, 0.15) is 25.7 Å². The number of H-pyrrole nitrogens is 1. The van der Waals surface area contributed by atoms with Crippen molar-refractivity contribution in [2.75, 3.05) is 24.5 Å². The molecule has 2 heterocycles. The molecule has 2 aliphatic rings. The van der Waals surface area contributed by atoms with Crippen molar-refractivity contribution in [2.45, 2.75) is 25.7 Å². The Balaban J connectivity index is 1.42. The summed E-state index contributed by atoms with van der Waals surface area (Å²) in [6.45, 7) is 2.21. The number of aromatic amines is 1. The number of rotatable bonds is 4. The average molecular weight is 326 g/mol. The minimum Gasteiger partial charge on any atom is -0.356 e. The molecule has 1 saturated carbocycles. The molecule has 1 aromatic carbocycles. The number of anilines is 1. The summed E-state index contributed by atoms with van der Waals surface area (Å²) < 4.78 is 0. The Labute approximate surface area is 140 Å². The number of aromatic nitrogens is 2. The lowest BCUT2D eigenvalue weighted by Gasteiger charge is -2.31. The molecule has 1 aliphatic heterocycles. The van der Waals surface area contributed by atoms with Gasteiger partial charge in [0.05, 0.1) is 11.0 Å². The number of carbonyl (C=O) groups is 1. The van der Waals surface area contributed by atoms with E-state index in [9.17, 15) is 9.59 Å². The van der Waals surface area contributed by atoms with Crippen LogP contribution in [0.4, 0.5) is 5.82 Å². The van der Waals surface area contributed by atoms with Crippen molar-refractivity contribution < 1.29 is 4.79 Å². The molecule has 2 aromatic rings. The molecule has 0 unspecified atom stereocenters. The number of nitrogens with one attached hydrogen (secondary N) is 2. The standard InChI is InChI=1S/C18H22N4O2/c23-17(19-11-12-5-6-12)13-7-9-22(10-8-13)16-18(24)21-15-4-2-1-3-14(15)20-16/h1-4,12-13H,5-11H2,(H,19,23)(H,21,24). The zero-order chi connectivity index (χ0) is 16.5. The van der Waals surface area contributed by atoms with Crippen LogP contribution in [0, 0.1) is 11.8 Å². The van der Waals surface area contributed by atoms with Crippen LogP contribution in [-0.2, 0) is 4.79 Å². The molecule has 2 N–H and O–H groups in total. The maximum Gasteiger partial charge on any atom is 0.291 e. The zero-order valence-corrected chi connectivity index (χ0v) is 13.6. The van der Waals surface area contributed by atoms with Gasteiger partial charge < -0.3 is 15.2 Å². The van der Waals surface area contributed by atoms with E-state index in [-0.39, 0.29) is 17.4 Å². The lowest BCUT2D eigenvalue weighted by Crippen LogP contribution is -2.42. The number of benzene rings is 1. The number of carbonyl (C=O) groups excluding carboxylic acids is 1. The largest absolute Gasteiger partial charge is 0.356 e. The van der Waals surface area contributed by atoms with Crippen LogP contribution in [0.2, 0.25) is 0 Å². The van der Waals surface area contributed by atoms with Gasteiger partial charge >= 0.3 is 0 Å². The Hall–Kier alpha value is -2.37. The van der Waals surface area contributed by atoms with E-state index in [1.54, 1.807) is 0 Å². The van der Waals surface area contributed by atoms with E-state index in [0.29, 0.717) is 24.8 Å². The van der Waals surface area contributed by atoms with Gasteiger partial charge in [0.2, 0.25) is 5.91 Å². The second-order valence-electron chi connectivity index (χ2n) is 6.86. The van der Waals surface area contributed by atoms with Gasteiger partial charge in [0, 0.05) is 25.6 Å². The molecule has 1 aromatic heterocycles. The Morgan fingerprint density at radius 1 is 1.21 bits per heavy atom. The number of amides is 1. The first kappa shape index (κ1) is 15.2. The van der Waals surface area contributed by atoms with Crippen molar-refractivity contribution in [3.05, 3.63) is 34.6 Å². The summed E-state index contributed by atoms with van der Waals surface area (Å²) in [6.07, 6.45) is 4.03. The summed E-state index contributed by atoms with van der Waals surface area (Å²) in [5, 5.41) is 3.06. The molecular formula is C18H22N4O2. The molecule has 1 amide bonds. The predicted octanol–water partition coefficient (Wildman–Crippen LogP) is 1.67. The third-order valence-electron chi connectivity index (χ3n) is 5.01. The Morgan fingerprint density at radius 3 is 2.71 bits per heavy atom. The van der Waals surface area contributed by atoms with Gasteiger partial charge in [-0.3, -0.25) is 9.59 Å². The maximum absolute atomic E-state index is 12.3. The van der Waals surface area contributed by atoms with Crippen molar-refractivity contribution in [3.8, 4) is 0 Å². The van der Waals surface area contributed by atoms with Gasteiger partial charge in [0.1, 0.15) is 0 Å². The van der Waals surface area contributed by atoms with E-state index < -0.39 is 0 Å². The molecular weight excluding hydrogens is 304 g/mol. The van der Waals surface area contributed by atoms with Gasteiger partial charge in [0.25, 0.3) is 5.56 Å². The molecule has 6 heteroatoms. The minimum atomic E-state index is -0.162. The highest BCUT2D eigenvalue weighted by Crippen LogP contribution is 2.28. The summed E-state index contributed by atoms with van der Waals surface area (Å²) in [4.78, 5) is 33.9. The quantitative estimate of drug-likeness (QED) is 0.896. The van der Waals surface area contributed by atoms with Crippen molar-refractivity contribution in [3.63, 3.8) is 0 Å². The molecule has 6 nitrogen and oxygen atoms in total.